The second-order valence-electron chi connectivity index (χ2n) is 5.09. The fourth-order valence-corrected chi connectivity index (χ4v) is 2.08. The van der Waals surface area contributed by atoms with Crippen LogP contribution in [0.25, 0.3) is 0 Å². The second-order valence-corrected chi connectivity index (χ2v) is 5.09. The normalized spacial score (nSPS) is 10.0. The number of rotatable bonds is 7. The molecule has 0 radical (unpaired) electrons. The number of anilines is 1. The molecule has 0 aliphatic carbocycles. The van der Waals surface area contributed by atoms with Crippen molar-refractivity contribution in [3.8, 4) is 11.5 Å². The van der Waals surface area contributed by atoms with Crippen LogP contribution in [-0.2, 0) is 20.7 Å². The SMILES string of the molecule is COc1cccc(NC(=O)COC(=O)Cc2ccc(OC)c(F)c2)c1. The maximum absolute atomic E-state index is 13.6. The van der Waals surface area contributed by atoms with Crippen molar-refractivity contribution < 1.29 is 28.2 Å². The highest BCUT2D eigenvalue weighted by molar-refractivity contribution is 5.93. The molecule has 132 valence electrons. The van der Waals surface area contributed by atoms with E-state index in [9.17, 15) is 14.0 Å². The topological polar surface area (TPSA) is 73.9 Å². The summed E-state index contributed by atoms with van der Waals surface area (Å²) in [6.07, 6.45) is -0.145. The lowest BCUT2D eigenvalue weighted by Crippen LogP contribution is -2.21. The molecule has 2 aromatic carbocycles. The van der Waals surface area contributed by atoms with Crippen LogP contribution in [0.4, 0.5) is 10.1 Å². The summed E-state index contributed by atoms with van der Waals surface area (Å²) in [5, 5.41) is 2.59. The summed E-state index contributed by atoms with van der Waals surface area (Å²) in [6, 6.07) is 11.0. The molecule has 1 N–H and O–H groups in total. The molecule has 0 aliphatic rings. The van der Waals surface area contributed by atoms with Crippen LogP contribution in [0.3, 0.4) is 0 Å². The minimum atomic E-state index is -0.634. The summed E-state index contributed by atoms with van der Waals surface area (Å²) in [4.78, 5) is 23.6. The Kier molecular flexibility index (Phi) is 6.33. The van der Waals surface area contributed by atoms with Crippen molar-refractivity contribution in [3.63, 3.8) is 0 Å². The van der Waals surface area contributed by atoms with Gasteiger partial charge in [0.2, 0.25) is 0 Å². The number of ether oxygens (including phenoxy) is 3. The van der Waals surface area contributed by atoms with Gasteiger partial charge in [0.15, 0.2) is 18.2 Å². The molecule has 0 saturated heterocycles. The van der Waals surface area contributed by atoms with Crippen LogP contribution in [0, 0.1) is 5.82 Å². The summed E-state index contributed by atoms with van der Waals surface area (Å²) < 4.78 is 28.3. The Labute approximate surface area is 144 Å². The summed E-state index contributed by atoms with van der Waals surface area (Å²) in [7, 11) is 2.87. The number of carbonyl (C=O) groups excluding carboxylic acids is 2. The van der Waals surface area contributed by atoms with E-state index in [0.717, 1.165) is 0 Å². The molecule has 0 aromatic heterocycles. The smallest absolute Gasteiger partial charge is 0.310 e. The average molecular weight is 347 g/mol. The second kappa shape index (κ2) is 8.68. The Morgan fingerprint density at radius 2 is 1.88 bits per heavy atom. The number of methoxy groups -OCH3 is 2. The molecule has 0 heterocycles. The van der Waals surface area contributed by atoms with E-state index in [1.165, 1.54) is 26.4 Å². The molecular weight excluding hydrogens is 329 g/mol. The molecule has 0 spiro atoms. The van der Waals surface area contributed by atoms with E-state index in [2.05, 4.69) is 5.32 Å². The minimum absolute atomic E-state index is 0.0924. The van der Waals surface area contributed by atoms with Crippen LogP contribution in [0.1, 0.15) is 5.56 Å². The summed E-state index contributed by atoms with van der Waals surface area (Å²) in [6.45, 7) is -0.436. The zero-order valence-electron chi connectivity index (χ0n) is 13.9. The molecule has 0 saturated carbocycles. The number of carbonyl (C=O) groups is 2. The van der Waals surface area contributed by atoms with E-state index in [4.69, 9.17) is 14.2 Å². The lowest BCUT2D eigenvalue weighted by atomic mass is 10.1. The first-order chi connectivity index (χ1) is 12.0. The Morgan fingerprint density at radius 3 is 2.56 bits per heavy atom. The lowest BCUT2D eigenvalue weighted by molar-refractivity contribution is -0.146. The van der Waals surface area contributed by atoms with Gasteiger partial charge in [0.1, 0.15) is 5.75 Å². The van der Waals surface area contributed by atoms with E-state index in [-0.39, 0.29) is 12.2 Å². The molecule has 0 fully saturated rings. The number of hydrogen-bond acceptors (Lipinski definition) is 5. The van der Waals surface area contributed by atoms with Gasteiger partial charge in [-0.2, -0.15) is 0 Å². The third-order valence-electron chi connectivity index (χ3n) is 3.28. The van der Waals surface area contributed by atoms with Gasteiger partial charge in [-0.1, -0.05) is 12.1 Å². The third-order valence-corrected chi connectivity index (χ3v) is 3.28. The van der Waals surface area contributed by atoms with Gasteiger partial charge < -0.3 is 19.5 Å². The first-order valence-electron chi connectivity index (χ1n) is 7.43. The largest absolute Gasteiger partial charge is 0.497 e. The van der Waals surface area contributed by atoms with E-state index < -0.39 is 24.3 Å². The van der Waals surface area contributed by atoms with Crippen LogP contribution < -0.4 is 14.8 Å². The van der Waals surface area contributed by atoms with Gasteiger partial charge in [-0.25, -0.2) is 4.39 Å². The number of nitrogens with one attached hydrogen (secondary N) is 1. The van der Waals surface area contributed by atoms with Crippen LogP contribution in [-0.4, -0.2) is 32.7 Å². The van der Waals surface area contributed by atoms with E-state index >= 15 is 0 Å². The quantitative estimate of drug-likeness (QED) is 0.779. The highest BCUT2D eigenvalue weighted by Gasteiger charge is 2.11. The molecule has 2 aromatic rings. The van der Waals surface area contributed by atoms with Gasteiger partial charge in [-0.15, -0.1) is 0 Å². The Morgan fingerprint density at radius 1 is 1.08 bits per heavy atom. The number of halogens is 1. The number of esters is 1. The van der Waals surface area contributed by atoms with E-state index in [0.29, 0.717) is 17.0 Å². The fraction of sp³-hybridized carbons (Fsp3) is 0.222. The van der Waals surface area contributed by atoms with Crippen LogP contribution in [0.5, 0.6) is 11.5 Å². The summed E-state index contributed by atoms with van der Waals surface area (Å²) >= 11 is 0. The third kappa shape index (κ3) is 5.49. The number of benzene rings is 2. The lowest BCUT2D eigenvalue weighted by Gasteiger charge is -2.08. The van der Waals surface area contributed by atoms with Crippen molar-refractivity contribution in [1.82, 2.24) is 0 Å². The zero-order valence-corrected chi connectivity index (χ0v) is 13.9. The molecule has 6 nitrogen and oxygen atoms in total. The van der Waals surface area contributed by atoms with Crippen molar-refractivity contribution in [2.24, 2.45) is 0 Å². The van der Waals surface area contributed by atoms with E-state index in [1.807, 2.05) is 0 Å². The summed E-state index contributed by atoms with van der Waals surface area (Å²) in [5.74, 6) is -0.998. The molecule has 0 unspecified atom stereocenters. The number of hydrogen-bond donors (Lipinski definition) is 1. The van der Waals surface area contributed by atoms with E-state index in [1.54, 1.807) is 30.3 Å². The predicted octanol–water partition coefficient (Wildman–Crippen LogP) is 2.57. The van der Waals surface area contributed by atoms with Gasteiger partial charge in [-0.3, -0.25) is 9.59 Å². The first-order valence-corrected chi connectivity index (χ1v) is 7.43. The molecule has 25 heavy (non-hydrogen) atoms. The van der Waals surface area contributed by atoms with Crippen molar-refractivity contribution >= 4 is 17.6 Å². The molecule has 7 heteroatoms. The fourth-order valence-electron chi connectivity index (χ4n) is 2.08. The Hall–Kier alpha value is -3.09. The van der Waals surface area contributed by atoms with Gasteiger partial charge in [-0.05, 0) is 29.8 Å². The van der Waals surface area contributed by atoms with Crippen molar-refractivity contribution in [2.45, 2.75) is 6.42 Å². The van der Waals surface area contributed by atoms with Crippen LogP contribution in [0.2, 0.25) is 0 Å². The first kappa shape index (κ1) is 18.3. The number of amides is 1. The summed E-state index contributed by atoms with van der Waals surface area (Å²) in [5.41, 5.74) is 0.953. The van der Waals surface area contributed by atoms with Gasteiger partial charge in [0.05, 0.1) is 20.6 Å². The van der Waals surface area contributed by atoms with Gasteiger partial charge >= 0.3 is 5.97 Å². The molecule has 0 bridgehead atoms. The van der Waals surface area contributed by atoms with Gasteiger partial charge in [0, 0.05) is 11.8 Å². The maximum atomic E-state index is 13.6. The highest BCUT2D eigenvalue weighted by atomic mass is 19.1. The molecule has 0 aliphatic heterocycles. The Bertz CT molecular complexity index is 763. The average Bonchev–Trinajstić information content (AvgIpc) is 2.60. The minimum Gasteiger partial charge on any atom is -0.497 e. The monoisotopic (exact) mass is 347 g/mol. The molecular formula is C18H18FNO5. The van der Waals surface area contributed by atoms with Crippen molar-refractivity contribution in [1.29, 1.82) is 0 Å². The predicted molar refractivity (Wildman–Crippen MR) is 89.2 cm³/mol. The molecule has 1 amide bonds. The molecule has 2 rings (SSSR count). The standard InChI is InChI=1S/C18H18FNO5/c1-23-14-5-3-4-13(10-14)20-17(21)11-25-18(22)9-12-6-7-16(24-2)15(19)8-12/h3-8,10H,9,11H2,1-2H3,(H,20,21). The Balaban J connectivity index is 1.82. The molecule has 0 atom stereocenters. The van der Waals surface area contributed by atoms with Crippen LogP contribution in [0.15, 0.2) is 42.5 Å². The zero-order chi connectivity index (χ0) is 18.2. The highest BCUT2D eigenvalue weighted by Crippen LogP contribution is 2.18. The maximum Gasteiger partial charge on any atom is 0.310 e. The van der Waals surface area contributed by atoms with Crippen molar-refractivity contribution in [2.75, 3.05) is 26.1 Å². The van der Waals surface area contributed by atoms with Gasteiger partial charge in [0.25, 0.3) is 5.91 Å². The van der Waals surface area contributed by atoms with Crippen LogP contribution >= 0.6 is 0 Å². The van der Waals surface area contributed by atoms with Crippen molar-refractivity contribution in [3.05, 3.63) is 53.8 Å².